The monoisotopic (exact) mass is 410 g/mol. The van der Waals surface area contributed by atoms with E-state index in [4.69, 9.17) is 9.47 Å². The molecule has 0 saturated carbocycles. The lowest BCUT2D eigenvalue weighted by Gasteiger charge is -2.16. The van der Waals surface area contributed by atoms with Crippen LogP contribution in [-0.4, -0.2) is 43.3 Å². The summed E-state index contributed by atoms with van der Waals surface area (Å²) in [6.45, 7) is 2.85. The van der Waals surface area contributed by atoms with Gasteiger partial charge < -0.3 is 14.4 Å². The molecule has 1 aromatic heterocycles. The summed E-state index contributed by atoms with van der Waals surface area (Å²) in [6.07, 6.45) is 2.64. The molecule has 0 fully saturated rings. The molecule has 3 aromatic rings. The SMILES string of the molecule is COCCN(C)CCc1ccc(-n2ccc(OCc3ccc(F)cc3)cc2=O)cc1. The molecule has 0 bridgehead atoms. The van der Waals surface area contributed by atoms with Crippen molar-refractivity contribution >= 4 is 0 Å². The molecule has 0 radical (unpaired) electrons. The summed E-state index contributed by atoms with van der Waals surface area (Å²) >= 11 is 0. The van der Waals surface area contributed by atoms with Crippen LogP contribution in [0.1, 0.15) is 11.1 Å². The summed E-state index contributed by atoms with van der Waals surface area (Å²) in [5.74, 6) is 0.196. The predicted octanol–water partition coefficient (Wildman–Crippen LogP) is 3.68. The fourth-order valence-corrected chi connectivity index (χ4v) is 3.01. The van der Waals surface area contributed by atoms with Crippen LogP contribution in [0.5, 0.6) is 5.75 Å². The van der Waals surface area contributed by atoms with E-state index in [-0.39, 0.29) is 18.0 Å². The van der Waals surface area contributed by atoms with Crippen molar-refractivity contribution in [2.24, 2.45) is 0 Å². The first-order valence-corrected chi connectivity index (χ1v) is 9.92. The first-order chi connectivity index (χ1) is 14.5. The highest BCUT2D eigenvalue weighted by atomic mass is 19.1. The Balaban J connectivity index is 1.59. The summed E-state index contributed by atoms with van der Waals surface area (Å²) in [4.78, 5) is 14.7. The Morgan fingerprint density at radius 2 is 1.67 bits per heavy atom. The van der Waals surface area contributed by atoms with Crippen LogP contribution in [0, 0.1) is 5.82 Å². The second kappa shape index (κ2) is 10.7. The maximum atomic E-state index is 13.0. The first-order valence-electron chi connectivity index (χ1n) is 9.92. The van der Waals surface area contributed by atoms with Crippen LogP contribution in [0.25, 0.3) is 5.69 Å². The summed E-state index contributed by atoms with van der Waals surface area (Å²) < 4.78 is 25.3. The van der Waals surface area contributed by atoms with Crippen molar-refractivity contribution in [3.8, 4) is 11.4 Å². The van der Waals surface area contributed by atoms with Gasteiger partial charge in [-0.25, -0.2) is 4.39 Å². The number of rotatable bonds is 10. The fourth-order valence-electron chi connectivity index (χ4n) is 3.01. The zero-order valence-electron chi connectivity index (χ0n) is 17.4. The Hall–Kier alpha value is -2.96. The molecule has 0 aliphatic rings. The number of methoxy groups -OCH3 is 1. The van der Waals surface area contributed by atoms with E-state index in [1.54, 1.807) is 36.1 Å². The third-order valence-corrected chi connectivity index (χ3v) is 4.88. The van der Waals surface area contributed by atoms with Crippen molar-refractivity contribution in [1.82, 2.24) is 9.47 Å². The van der Waals surface area contributed by atoms with Crippen molar-refractivity contribution in [3.63, 3.8) is 0 Å². The molecule has 5 nitrogen and oxygen atoms in total. The lowest BCUT2D eigenvalue weighted by atomic mass is 10.1. The summed E-state index contributed by atoms with van der Waals surface area (Å²) in [5.41, 5.74) is 2.69. The highest BCUT2D eigenvalue weighted by Gasteiger charge is 2.04. The lowest BCUT2D eigenvalue weighted by Crippen LogP contribution is -2.25. The number of aromatic nitrogens is 1. The number of hydrogen-bond donors (Lipinski definition) is 0. The van der Waals surface area contributed by atoms with E-state index in [0.717, 1.165) is 37.4 Å². The molecule has 30 heavy (non-hydrogen) atoms. The molecule has 158 valence electrons. The molecular formula is C24H27FN2O3. The average molecular weight is 410 g/mol. The molecule has 0 unspecified atom stereocenters. The minimum atomic E-state index is -0.287. The van der Waals surface area contributed by atoms with Gasteiger partial charge in [-0.05, 0) is 54.9 Å². The Morgan fingerprint density at radius 3 is 2.33 bits per heavy atom. The van der Waals surface area contributed by atoms with Gasteiger partial charge in [-0.3, -0.25) is 9.36 Å². The highest BCUT2D eigenvalue weighted by Crippen LogP contribution is 2.14. The number of pyridine rings is 1. The van der Waals surface area contributed by atoms with Crippen LogP contribution >= 0.6 is 0 Å². The van der Waals surface area contributed by atoms with E-state index in [1.807, 2.05) is 24.3 Å². The second-order valence-electron chi connectivity index (χ2n) is 7.20. The highest BCUT2D eigenvalue weighted by molar-refractivity contribution is 5.36. The van der Waals surface area contributed by atoms with Crippen molar-refractivity contribution in [2.45, 2.75) is 13.0 Å². The third-order valence-electron chi connectivity index (χ3n) is 4.88. The molecule has 0 N–H and O–H groups in total. The van der Waals surface area contributed by atoms with Crippen molar-refractivity contribution < 1.29 is 13.9 Å². The van der Waals surface area contributed by atoms with Gasteiger partial charge in [-0.15, -0.1) is 0 Å². The summed E-state index contributed by atoms with van der Waals surface area (Å²) in [6, 6.07) is 17.3. The van der Waals surface area contributed by atoms with E-state index in [1.165, 1.54) is 23.8 Å². The molecule has 1 heterocycles. The number of halogens is 1. The van der Waals surface area contributed by atoms with Crippen LogP contribution in [0.3, 0.4) is 0 Å². The fraction of sp³-hybridized carbons (Fsp3) is 0.292. The lowest BCUT2D eigenvalue weighted by molar-refractivity contribution is 0.162. The predicted molar refractivity (Wildman–Crippen MR) is 116 cm³/mol. The quantitative estimate of drug-likeness (QED) is 0.512. The van der Waals surface area contributed by atoms with Gasteiger partial charge in [0.25, 0.3) is 5.56 Å². The van der Waals surface area contributed by atoms with Crippen LogP contribution in [0.15, 0.2) is 71.7 Å². The number of hydrogen-bond acceptors (Lipinski definition) is 4. The van der Waals surface area contributed by atoms with Gasteiger partial charge in [-0.1, -0.05) is 24.3 Å². The molecular weight excluding hydrogens is 383 g/mol. The third kappa shape index (κ3) is 6.27. The zero-order chi connectivity index (χ0) is 21.3. The number of ether oxygens (including phenoxy) is 2. The molecule has 0 spiro atoms. The van der Waals surface area contributed by atoms with Gasteiger partial charge >= 0.3 is 0 Å². The maximum absolute atomic E-state index is 13.0. The summed E-state index contributed by atoms with van der Waals surface area (Å²) in [5, 5.41) is 0. The van der Waals surface area contributed by atoms with E-state index in [9.17, 15) is 9.18 Å². The van der Waals surface area contributed by atoms with Crippen molar-refractivity contribution in [1.29, 1.82) is 0 Å². The summed E-state index contributed by atoms with van der Waals surface area (Å²) in [7, 11) is 3.78. The average Bonchev–Trinajstić information content (AvgIpc) is 2.76. The van der Waals surface area contributed by atoms with Crippen LogP contribution in [0.2, 0.25) is 0 Å². The zero-order valence-corrected chi connectivity index (χ0v) is 17.4. The smallest absolute Gasteiger partial charge is 0.258 e. The number of nitrogens with zero attached hydrogens (tertiary/aromatic N) is 2. The second-order valence-corrected chi connectivity index (χ2v) is 7.20. The van der Waals surface area contributed by atoms with Gasteiger partial charge in [0.15, 0.2) is 0 Å². The molecule has 6 heteroatoms. The molecule has 0 atom stereocenters. The van der Waals surface area contributed by atoms with E-state index in [2.05, 4.69) is 11.9 Å². The standard InChI is InChI=1S/C24H27FN2O3/c1-26(15-16-29-2)13-11-19-5-9-22(10-6-19)27-14-12-23(17-24(27)28)30-18-20-3-7-21(25)8-4-20/h3-10,12,14,17H,11,13,15-16,18H2,1-2H3. The molecule has 3 rings (SSSR count). The topological polar surface area (TPSA) is 43.7 Å². The number of likely N-dealkylation sites (N-methyl/N-ethyl adjacent to an activating group) is 1. The Kier molecular flexibility index (Phi) is 7.76. The van der Waals surface area contributed by atoms with Gasteiger partial charge in [0.2, 0.25) is 0 Å². The van der Waals surface area contributed by atoms with Crippen LogP contribution in [0.4, 0.5) is 4.39 Å². The van der Waals surface area contributed by atoms with Gasteiger partial charge in [0.05, 0.1) is 6.61 Å². The normalized spacial score (nSPS) is 11.1. The Morgan fingerprint density at radius 1 is 0.967 bits per heavy atom. The van der Waals surface area contributed by atoms with Gasteiger partial charge in [-0.2, -0.15) is 0 Å². The molecule has 0 aliphatic carbocycles. The van der Waals surface area contributed by atoms with Gasteiger partial charge in [0.1, 0.15) is 18.2 Å². The largest absolute Gasteiger partial charge is 0.489 e. The molecule has 0 saturated heterocycles. The maximum Gasteiger partial charge on any atom is 0.258 e. The van der Waals surface area contributed by atoms with E-state index in [0.29, 0.717) is 5.75 Å². The van der Waals surface area contributed by atoms with Gasteiger partial charge in [0, 0.05) is 38.1 Å². The van der Waals surface area contributed by atoms with Crippen LogP contribution < -0.4 is 10.3 Å². The van der Waals surface area contributed by atoms with Crippen LogP contribution in [-0.2, 0) is 17.8 Å². The number of benzene rings is 2. The Bertz CT molecular complexity index is 985. The van der Waals surface area contributed by atoms with Crippen molar-refractivity contribution in [2.75, 3.05) is 33.9 Å². The van der Waals surface area contributed by atoms with E-state index >= 15 is 0 Å². The minimum Gasteiger partial charge on any atom is -0.489 e. The van der Waals surface area contributed by atoms with E-state index < -0.39 is 0 Å². The Labute approximate surface area is 176 Å². The van der Waals surface area contributed by atoms with Crippen molar-refractivity contribution in [3.05, 3.63) is 94.2 Å². The molecule has 0 aliphatic heterocycles. The molecule has 0 amide bonds. The molecule has 2 aromatic carbocycles. The first kappa shape index (κ1) is 21.7. The minimum absolute atomic E-state index is 0.168.